The molecule has 1 aliphatic heterocycles. The fourth-order valence-electron chi connectivity index (χ4n) is 3.06. The second-order valence-electron chi connectivity index (χ2n) is 6.21. The lowest BCUT2D eigenvalue weighted by atomic mass is 10.0. The molecule has 1 aliphatic rings. The van der Waals surface area contributed by atoms with Crippen molar-refractivity contribution < 1.29 is 18.0 Å². The zero-order valence-electron chi connectivity index (χ0n) is 14.3. The first kappa shape index (κ1) is 18.4. The lowest BCUT2D eigenvalue weighted by molar-refractivity contribution is -0.123. The van der Waals surface area contributed by atoms with E-state index in [0.717, 1.165) is 23.2 Å². The molecule has 1 aromatic carbocycles. The van der Waals surface area contributed by atoms with Crippen LogP contribution in [0, 0.1) is 6.92 Å². The Morgan fingerprint density at radius 3 is 2.58 bits per heavy atom. The van der Waals surface area contributed by atoms with Gasteiger partial charge in [0.2, 0.25) is 11.8 Å². The van der Waals surface area contributed by atoms with Crippen molar-refractivity contribution >= 4 is 27.3 Å². The lowest BCUT2D eigenvalue weighted by Crippen LogP contribution is -2.44. The minimum atomic E-state index is -3.05. The van der Waals surface area contributed by atoms with Crippen molar-refractivity contribution in [3.63, 3.8) is 0 Å². The van der Waals surface area contributed by atoms with Gasteiger partial charge in [-0.1, -0.05) is 25.1 Å². The lowest BCUT2D eigenvalue weighted by Gasteiger charge is -2.26. The maximum atomic E-state index is 12.3. The van der Waals surface area contributed by atoms with E-state index >= 15 is 0 Å². The minimum absolute atomic E-state index is 0.0244. The highest BCUT2D eigenvalue weighted by Gasteiger charge is 2.29. The van der Waals surface area contributed by atoms with Crippen LogP contribution in [0.5, 0.6) is 0 Å². The molecule has 1 saturated heterocycles. The number of anilines is 1. The molecular formula is C17H24N2O4S. The van der Waals surface area contributed by atoms with E-state index < -0.39 is 9.84 Å². The van der Waals surface area contributed by atoms with E-state index in [4.69, 9.17) is 0 Å². The van der Waals surface area contributed by atoms with Gasteiger partial charge in [0.05, 0.1) is 17.2 Å². The Bertz CT molecular complexity index is 743. The molecule has 0 saturated carbocycles. The summed E-state index contributed by atoms with van der Waals surface area (Å²) in [6, 6.07) is 5.42. The number of sulfone groups is 1. The summed E-state index contributed by atoms with van der Waals surface area (Å²) in [5.41, 5.74) is 2.70. The van der Waals surface area contributed by atoms with Crippen molar-refractivity contribution in [1.82, 2.24) is 5.32 Å². The zero-order valence-corrected chi connectivity index (χ0v) is 15.1. The number of nitrogens with one attached hydrogen (secondary N) is 1. The van der Waals surface area contributed by atoms with Crippen LogP contribution in [-0.2, 0) is 25.8 Å². The summed E-state index contributed by atoms with van der Waals surface area (Å²) in [6.07, 6.45) is 1.18. The van der Waals surface area contributed by atoms with Gasteiger partial charge in [-0.05, 0) is 30.9 Å². The molecule has 1 atom stereocenters. The highest BCUT2D eigenvalue weighted by Crippen LogP contribution is 2.26. The summed E-state index contributed by atoms with van der Waals surface area (Å²) in [5.74, 6) is -0.471. The Labute approximate surface area is 143 Å². The van der Waals surface area contributed by atoms with Gasteiger partial charge in [0.15, 0.2) is 9.84 Å². The first-order chi connectivity index (χ1) is 11.2. The molecule has 132 valence electrons. The van der Waals surface area contributed by atoms with Crippen LogP contribution < -0.4 is 10.2 Å². The van der Waals surface area contributed by atoms with Crippen LogP contribution in [0.25, 0.3) is 0 Å². The molecule has 0 radical (unpaired) electrons. The predicted octanol–water partition coefficient (Wildman–Crippen LogP) is 1.21. The molecule has 1 fully saturated rings. The number of hydrogen-bond donors (Lipinski definition) is 1. The minimum Gasteiger partial charge on any atom is -0.351 e. The number of carbonyl (C=O) groups excluding carboxylic acids is 2. The van der Waals surface area contributed by atoms with E-state index in [0.29, 0.717) is 6.42 Å². The maximum Gasteiger partial charge on any atom is 0.240 e. The smallest absolute Gasteiger partial charge is 0.240 e. The number of carbonyl (C=O) groups is 2. The Kier molecular flexibility index (Phi) is 5.64. The van der Waals surface area contributed by atoms with Crippen LogP contribution in [0.2, 0.25) is 0 Å². The van der Waals surface area contributed by atoms with Gasteiger partial charge in [0.25, 0.3) is 0 Å². The third-order valence-corrected chi connectivity index (χ3v) is 6.02. The van der Waals surface area contributed by atoms with Crippen molar-refractivity contribution in [3.05, 3.63) is 29.3 Å². The van der Waals surface area contributed by atoms with Crippen molar-refractivity contribution in [2.75, 3.05) is 23.0 Å². The first-order valence-corrected chi connectivity index (χ1v) is 9.92. The molecule has 1 unspecified atom stereocenters. The molecule has 2 amide bonds. The molecule has 1 heterocycles. The molecule has 6 nitrogen and oxygen atoms in total. The maximum absolute atomic E-state index is 12.3. The van der Waals surface area contributed by atoms with Gasteiger partial charge in [-0.15, -0.1) is 0 Å². The van der Waals surface area contributed by atoms with Gasteiger partial charge >= 0.3 is 0 Å². The molecule has 24 heavy (non-hydrogen) atoms. The molecule has 0 aromatic heterocycles. The van der Waals surface area contributed by atoms with Gasteiger partial charge in [-0.25, -0.2) is 8.42 Å². The van der Waals surface area contributed by atoms with E-state index in [9.17, 15) is 18.0 Å². The zero-order chi connectivity index (χ0) is 17.9. The van der Waals surface area contributed by atoms with E-state index in [1.165, 1.54) is 11.8 Å². The van der Waals surface area contributed by atoms with Crippen LogP contribution in [0.1, 0.15) is 31.4 Å². The van der Waals surface area contributed by atoms with E-state index in [1.807, 2.05) is 32.0 Å². The van der Waals surface area contributed by atoms with Crippen molar-refractivity contribution in [3.8, 4) is 0 Å². The average Bonchev–Trinajstić information content (AvgIpc) is 2.83. The SMILES string of the molecule is CCc1cccc(C)c1N(CC(=O)NC1CCS(=O)(=O)C1)C(C)=O. The van der Waals surface area contributed by atoms with Crippen LogP contribution in [0.15, 0.2) is 18.2 Å². The van der Waals surface area contributed by atoms with Gasteiger partial charge in [-0.2, -0.15) is 0 Å². The van der Waals surface area contributed by atoms with Gasteiger partial charge in [-0.3, -0.25) is 9.59 Å². The van der Waals surface area contributed by atoms with E-state index in [-0.39, 0.29) is 35.9 Å². The predicted molar refractivity (Wildman–Crippen MR) is 93.8 cm³/mol. The summed E-state index contributed by atoms with van der Waals surface area (Å²) in [6.45, 7) is 5.23. The highest BCUT2D eigenvalue weighted by molar-refractivity contribution is 7.91. The Morgan fingerprint density at radius 1 is 1.33 bits per heavy atom. The van der Waals surface area contributed by atoms with Crippen molar-refractivity contribution in [2.24, 2.45) is 0 Å². The second kappa shape index (κ2) is 7.34. The molecule has 0 aliphatic carbocycles. The Hall–Kier alpha value is -1.89. The second-order valence-corrected chi connectivity index (χ2v) is 8.44. The van der Waals surface area contributed by atoms with Gasteiger partial charge in [0.1, 0.15) is 6.54 Å². The van der Waals surface area contributed by atoms with Crippen molar-refractivity contribution in [1.29, 1.82) is 0 Å². The molecule has 2 rings (SSSR count). The fraction of sp³-hybridized carbons (Fsp3) is 0.529. The van der Waals surface area contributed by atoms with Crippen LogP contribution in [0.4, 0.5) is 5.69 Å². The van der Waals surface area contributed by atoms with Crippen LogP contribution >= 0.6 is 0 Å². The number of benzene rings is 1. The first-order valence-electron chi connectivity index (χ1n) is 8.10. The quantitative estimate of drug-likeness (QED) is 0.863. The monoisotopic (exact) mass is 352 g/mol. The molecule has 1 aromatic rings. The third kappa shape index (κ3) is 4.35. The standard InChI is InChI=1S/C17H24N2O4S/c1-4-14-7-5-6-12(2)17(14)19(13(3)20)10-16(21)18-15-8-9-24(22,23)11-15/h5-7,15H,4,8-11H2,1-3H3,(H,18,21). The fourth-order valence-corrected chi connectivity index (χ4v) is 4.74. The highest BCUT2D eigenvalue weighted by atomic mass is 32.2. The number of rotatable bonds is 5. The number of aryl methyl sites for hydroxylation is 2. The summed E-state index contributed by atoms with van der Waals surface area (Å²) in [4.78, 5) is 25.9. The summed E-state index contributed by atoms with van der Waals surface area (Å²) in [5, 5.41) is 2.73. The average molecular weight is 352 g/mol. The summed E-state index contributed by atoms with van der Waals surface area (Å²) < 4.78 is 23.0. The Morgan fingerprint density at radius 2 is 2.04 bits per heavy atom. The largest absolute Gasteiger partial charge is 0.351 e. The molecule has 7 heteroatoms. The molecular weight excluding hydrogens is 328 g/mol. The number of amides is 2. The normalized spacial score (nSPS) is 19.0. The molecule has 0 bridgehead atoms. The summed E-state index contributed by atoms with van der Waals surface area (Å²) >= 11 is 0. The van der Waals surface area contributed by atoms with Crippen LogP contribution in [-0.4, -0.2) is 44.3 Å². The molecule has 1 N–H and O–H groups in total. The third-order valence-electron chi connectivity index (χ3n) is 4.25. The van der Waals surface area contributed by atoms with Gasteiger partial charge in [0, 0.05) is 13.0 Å². The number of hydrogen-bond acceptors (Lipinski definition) is 4. The summed E-state index contributed by atoms with van der Waals surface area (Å²) in [7, 11) is -3.05. The van der Waals surface area contributed by atoms with Crippen LogP contribution in [0.3, 0.4) is 0 Å². The Balaban J connectivity index is 2.15. The molecule has 0 spiro atoms. The van der Waals surface area contributed by atoms with Crippen molar-refractivity contribution in [2.45, 2.75) is 39.7 Å². The van der Waals surface area contributed by atoms with E-state index in [2.05, 4.69) is 5.32 Å². The van der Waals surface area contributed by atoms with Gasteiger partial charge < -0.3 is 10.2 Å². The number of para-hydroxylation sites is 1. The number of nitrogens with zero attached hydrogens (tertiary/aromatic N) is 1. The van der Waals surface area contributed by atoms with E-state index in [1.54, 1.807) is 0 Å². The topological polar surface area (TPSA) is 83.6 Å².